The molecule has 0 saturated carbocycles. The molecule has 1 aliphatic heterocycles. The summed E-state index contributed by atoms with van der Waals surface area (Å²) in [5.74, 6) is -1.05. The first-order valence-corrected chi connectivity index (χ1v) is 9.35. The number of para-hydroxylation sites is 2. The van der Waals surface area contributed by atoms with E-state index in [0.29, 0.717) is 30.0 Å². The van der Waals surface area contributed by atoms with Crippen molar-refractivity contribution in [3.8, 4) is 0 Å². The van der Waals surface area contributed by atoms with Gasteiger partial charge in [-0.2, -0.15) is 0 Å². The summed E-state index contributed by atoms with van der Waals surface area (Å²) < 4.78 is 13.2. The number of anilines is 3. The van der Waals surface area contributed by atoms with E-state index < -0.39 is 5.82 Å². The molecule has 0 atom stereocenters. The second-order valence-electron chi connectivity index (χ2n) is 6.95. The average Bonchev–Trinajstić information content (AvgIpc) is 3.07. The minimum absolute atomic E-state index is 0.0150. The van der Waals surface area contributed by atoms with Gasteiger partial charge in [0.25, 0.3) is 0 Å². The molecule has 152 valence electrons. The molecule has 0 bridgehead atoms. The third-order valence-electron chi connectivity index (χ3n) is 4.48. The van der Waals surface area contributed by atoms with E-state index in [1.807, 2.05) is 6.07 Å². The van der Waals surface area contributed by atoms with Crippen LogP contribution in [0.2, 0.25) is 0 Å². The number of likely N-dealkylation sites (N-methyl/N-ethyl adjacent to an activating group) is 1. The number of carbonyl (C=O) groups is 3. The lowest BCUT2D eigenvalue weighted by Crippen LogP contribution is -2.36. The summed E-state index contributed by atoms with van der Waals surface area (Å²) in [5, 5.41) is 5.40. The molecule has 3 rings (SSSR count). The van der Waals surface area contributed by atoms with Gasteiger partial charge in [0.15, 0.2) is 0 Å². The maximum Gasteiger partial charge on any atom is 0.238 e. The largest absolute Gasteiger partial charge is 0.325 e. The highest BCUT2D eigenvalue weighted by Crippen LogP contribution is 2.29. The SMILES string of the molecule is CN(CC(=O)Nc1cccc(F)c1)CC(=O)Nc1ccccc1N1CCCC1=O. The molecular formula is C21H23FN4O3. The Morgan fingerprint density at radius 3 is 2.48 bits per heavy atom. The number of nitrogens with zero attached hydrogens (tertiary/aromatic N) is 2. The Morgan fingerprint density at radius 2 is 1.79 bits per heavy atom. The van der Waals surface area contributed by atoms with Gasteiger partial charge >= 0.3 is 0 Å². The molecule has 0 aliphatic carbocycles. The summed E-state index contributed by atoms with van der Waals surface area (Å²) in [6, 6.07) is 12.8. The van der Waals surface area contributed by atoms with Crippen molar-refractivity contribution in [2.75, 3.05) is 42.2 Å². The molecule has 0 aromatic heterocycles. The summed E-state index contributed by atoms with van der Waals surface area (Å²) in [6.45, 7) is 0.584. The van der Waals surface area contributed by atoms with Crippen LogP contribution in [0.15, 0.2) is 48.5 Å². The minimum atomic E-state index is -0.439. The molecular weight excluding hydrogens is 375 g/mol. The van der Waals surface area contributed by atoms with Crippen molar-refractivity contribution < 1.29 is 18.8 Å². The van der Waals surface area contributed by atoms with Crippen LogP contribution in [-0.4, -0.2) is 49.3 Å². The van der Waals surface area contributed by atoms with Gasteiger partial charge in [0.05, 0.1) is 24.5 Å². The molecule has 0 radical (unpaired) electrons. The van der Waals surface area contributed by atoms with E-state index in [1.165, 1.54) is 18.2 Å². The first kappa shape index (κ1) is 20.5. The van der Waals surface area contributed by atoms with E-state index in [0.717, 1.165) is 6.42 Å². The molecule has 29 heavy (non-hydrogen) atoms. The number of carbonyl (C=O) groups excluding carboxylic acids is 3. The third-order valence-corrected chi connectivity index (χ3v) is 4.48. The normalized spacial score (nSPS) is 13.6. The van der Waals surface area contributed by atoms with E-state index in [1.54, 1.807) is 41.1 Å². The highest BCUT2D eigenvalue weighted by Gasteiger charge is 2.24. The summed E-state index contributed by atoms with van der Waals surface area (Å²) in [5.41, 5.74) is 1.59. The number of rotatable bonds is 7. The zero-order chi connectivity index (χ0) is 20.8. The molecule has 7 nitrogen and oxygen atoms in total. The molecule has 0 unspecified atom stereocenters. The Balaban J connectivity index is 1.54. The van der Waals surface area contributed by atoms with Crippen molar-refractivity contribution in [2.24, 2.45) is 0 Å². The fourth-order valence-corrected chi connectivity index (χ4v) is 3.22. The lowest BCUT2D eigenvalue weighted by Gasteiger charge is -2.21. The van der Waals surface area contributed by atoms with Crippen molar-refractivity contribution in [1.82, 2.24) is 4.90 Å². The van der Waals surface area contributed by atoms with Gasteiger partial charge in [-0.3, -0.25) is 19.3 Å². The predicted octanol–water partition coefficient (Wildman–Crippen LogP) is 2.46. The molecule has 1 aliphatic rings. The molecule has 0 spiro atoms. The molecule has 8 heteroatoms. The Hall–Kier alpha value is -3.26. The highest BCUT2D eigenvalue weighted by atomic mass is 19.1. The lowest BCUT2D eigenvalue weighted by atomic mass is 10.2. The van der Waals surface area contributed by atoms with Crippen LogP contribution in [-0.2, 0) is 14.4 Å². The Morgan fingerprint density at radius 1 is 1.07 bits per heavy atom. The van der Waals surface area contributed by atoms with Gasteiger partial charge in [-0.05, 0) is 43.8 Å². The fourth-order valence-electron chi connectivity index (χ4n) is 3.22. The summed E-state index contributed by atoms with van der Waals surface area (Å²) in [6.07, 6.45) is 1.30. The molecule has 1 saturated heterocycles. The summed E-state index contributed by atoms with van der Waals surface area (Å²) in [7, 11) is 1.64. The first-order valence-electron chi connectivity index (χ1n) is 9.35. The van der Waals surface area contributed by atoms with Gasteiger partial charge in [0.2, 0.25) is 17.7 Å². The maximum atomic E-state index is 13.2. The van der Waals surface area contributed by atoms with Crippen LogP contribution >= 0.6 is 0 Å². The summed E-state index contributed by atoms with van der Waals surface area (Å²) >= 11 is 0. The molecule has 1 fully saturated rings. The van der Waals surface area contributed by atoms with Gasteiger partial charge in [-0.25, -0.2) is 4.39 Å². The number of hydrogen-bond acceptors (Lipinski definition) is 4. The van der Waals surface area contributed by atoms with Crippen molar-refractivity contribution in [1.29, 1.82) is 0 Å². The van der Waals surface area contributed by atoms with Crippen LogP contribution in [0.1, 0.15) is 12.8 Å². The van der Waals surface area contributed by atoms with Crippen LogP contribution in [0.5, 0.6) is 0 Å². The number of nitrogens with one attached hydrogen (secondary N) is 2. The van der Waals surface area contributed by atoms with E-state index in [-0.39, 0.29) is 30.8 Å². The van der Waals surface area contributed by atoms with Gasteiger partial charge in [0, 0.05) is 18.7 Å². The van der Waals surface area contributed by atoms with Gasteiger partial charge in [0.1, 0.15) is 5.82 Å². The zero-order valence-corrected chi connectivity index (χ0v) is 16.2. The van der Waals surface area contributed by atoms with Gasteiger partial charge in [-0.15, -0.1) is 0 Å². The van der Waals surface area contributed by atoms with E-state index in [4.69, 9.17) is 0 Å². The second kappa shape index (κ2) is 9.29. The van der Waals surface area contributed by atoms with Gasteiger partial charge in [-0.1, -0.05) is 18.2 Å². The first-order chi connectivity index (χ1) is 13.9. The van der Waals surface area contributed by atoms with E-state index >= 15 is 0 Å². The monoisotopic (exact) mass is 398 g/mol. The number of benzene rings is 2. The minimum Gasteiger partial charge on any atom is -0.325 e. The van der Waals surface area contributed by atoms with E-state index in [9.17, 15) is 18.8 Å². The zero-order valence-electron chi connectivity index (χ0n) is 16.2. The van der Waals surface area contributed by atoms with Crippen molar-refractivity contribution >= 4 is 34.8 Å². The molecule has 2 aromatic carbocycles. The Bertz CT molecular complexity index is 918. The van der Waals surface area contributed by atoms with E-state index in [2.05, 4.69) is 10.6 Å². The highest BCUT2D eigenvalue weighted by molar-refractivity contribution is 6.02. The van der Waals surface area contributed by atoms with Crippen molar-refractivity contribution in [3.63, 3.8) is 0 Å². The average molecular weight is 398 g/mol. The van der Waals surface area contributed by atoms with Crippen molar-refractivity contribution in [2.45, 2.75) is 12.8 Å². The second-order valence-corrected chi connectivity index (χ2v) is 6.95. The standard InChI is InChI=1S/C21H23FN4O3/c1-25(13-19(27)23-16-7-4-6-15(22)12-16)14-20(28)24-17-8-2-3-9-18(17)26-11-5-10-21(26)29/h2-4,6-9,12H,5,10-11,13-14H2,1H3,(H,23,27)(H,24,28). The number of hydrogen-bond donors (Lipinski definition) is 2. The number of halogens is 1. The lowest BCUT2D eigenvalue weighted by molar-refractivity contribution is -0.120. The summed E-state index contributed by atoms with van der Waals surface area (Å²) in [4.78, 5) is 39.7. The van der Waals surface area contributed by atoms with Crippen LogP contribution in [0, 0.1) is 5.82 Å². The molecule has 3 amide bonds. The third kappa shape index (κ3) is 5.61. The topological polar surface area (TPSA) is 81.8 Å². The quantitative estimate of drug-likeness (QED) is 0.751. The van der Waals surface area contributed by atoms with Crippen LogP contribution in [0.25, 0.3) is 0 Å². The number of amides is 3. The van der Waals surface area contributed by atoms with Crippen LogP contribution in [0.4, 0.5) is 21.5 Å². The smallest absolute Gasteiger partial charge is 0.238 e. The van der Waals surface area contributed by atoms with Gasteiger partial charge < -0.3 is 15.5 Å². The fraction of sp³-hybridized carbons (Fsp3) is 0.286. The predicted molar refractivity (Wildman–Crippen MR) is 109 cm³/mol. The Kier molecular flexibility index (Phi) is 6.56. The van der Waals surface area contributed by atoms with Crippen LogP contribution in [0.3, 0.4) is 0 Å². The Labute approximate surface area is 168 Å². The van der Waals surface area contributed by atoms with Crippen molar-refractivity contribution in [3.05, 3.63) is 54.3 Å². The van der Waals surface area contributed by atoms with Crippen LogP contribution < -0.4 is 15.5 Å². The molecule has 2 aromatic rings. The molecule has 2 N–H and O–H groups in total. The maximum absolute atomic E-state index is 13.2. The molecule has 1 heterocycles.